The molecule has 1 atom stereocenters. The number of carbonyl (C=O) groups excluding carboxylic acids is 1. The van der Waals surface area contributed by atoms with Gasteiger partial charge in [0.15, 0.2) is 11.5 Å². The summed E-state index contributed by atoms with van der Waals surface area (Å²) in [5, 5.41) is 3.32. The van der Waals surface area contributed by atoms with E-state index in [1.807, 2.05) is 18.2 Å². The molecule has 1 aromatic carbocycles. The SMILES string of the molecule is CC(NC(=O)c1ccc2c(c1)OCCO2)C12CC3CC(CC(C3)C1)C2. The van der Waals surface area contributed by atoms with Crippen molar-refractivity contribution < 1.29 is 14.3 Å². The third-order valence-electron chi connectivity index (χ3n) is 7.16. The molecule has 4 bridgehead atoms. The largest absolute Gasteiger partial charge is 0.486 e. The zero-order chi connectivity index (χ0) is 17.0. The summed E-state index contributed by atoms with van der Waals surface area (Å²) in [5.41, 5.74) is 0.999. The Labute approximate surface area is 149 Å². The van der Waals surface area contributed by atoms with Crippen LogP contribution in [0.2, 0.25) is 0 Å². The van der Waals surface area contributed by atoms with E-state index in [1.54, 1.807) is 0 Å². The first-order valence-electron chi connectivity index (χ1n) is 9.82. The first kappa shape index (κ1) is 15.5. The Hall–Kier alpha value is -1.71. The van der Waals surface area contributed by atoms with Crippen molar-refractivity contribution in [1.29, 1.82) is 0 Å². The highest BCUT2D eigenvalue weighted by molar-refractivity contribution is 5.95. The standard InChI is InChI=1S/C21H27NO3/c1-13(21-10-14-6-15(11-21)8-16(7-14)12-21)22-20(23)17-2-3-18-19(9-17)25-5-4-24-18/h2-3,9,13-16H,4-8,10-12H2,1H3,(H,22,23). The molecule has 6 rings (SSSR count). The van der Waals surface area contributed by atoms with Gasteiger partial charge >= 0.3 is 0 Å². The molecule has 4 aliphatic carbocycles. The van der Waals surface area contributed by atoms with Crippen LogP contribution in [0, 0.1) is 23.2 Å². The van der Waals surface area contributed by atoms with E-state index in [-0.39, 0.29) is 11.9 Å². The van der Waals surface area contributed by atoms with Crippen molar-refractivity contribution >= 4 is 5.91 Å². The molecule has 4 saturated carbocycles. The van der Waals surface area contributed by atoms with Crippen molar-refractivity contribution in [3.8, 4) is 11.5 Å². The number of carbonyl (C=O) groups is 1. The lowest BCUT2D eigenvalue weighted by Gasteiger charge is -2.59. The second kappa shape index (κ2) is 5.65. The van der Waals surface area contributed by atoms with Gasteiger partial charge < -0.3 is 14.8 Å². The van der Waals surface area contributed by atoms with E-state index >= 15 is 0 Å². The Morgan fingerprint density at radius 1 is 1.04 bits per heavy atom. The molecule has 0 aromatic heterocycles. The fourth-order valence-electron chi connectivity index (χ4n) is 6.33. The molecule has 1 aromatic rings. The zero-order valence-corrected chi connectivity index (χ0v) is 14.9. The Morgan fingerprint density at radius 2 is 1.64 bits per heavy atom. The predicted octanol–water partition coefficient (Wildman–Crippen LogP) is 3.79. The van der Waals surface area contributed by atoms with Crippen LogP contribution >= 0.6 is 0 Å². The molecule has 4 heteroatoms. The summed E-state index contributed by atoms with van der Waals surface area (Å²) in [6, 6.07) is 5.74. The Bertz CT molecular complexity index is 663. The maximum atomic E-state index is 12.8. The summed E-state index contributed by atoms with van der Waals surface area (Å²) in [4.78, 5) is 12.8. The minimum Gasteiger partial charge on any atom is -0.486 e. The summed E-state index contributed by atoms with van der Waals surface area (Å²) in [6.45, 7) is 3.34. The monoisotopic (exact) mass is 341 g/mol. The second-order valence-corrected chi connectivity index (χ2v) is 8.83. The van der Waals surface area contributed by atoms with E-state index in [0.29, 0.717) is 29.9 Å². The average Bonchev–Trinajstić information content (AvgIpc) is 2.60. The van der Waals surface area contributed by atoms with Crippen molar-refractivity contribution in [3.63, 3.8) is 0 Å². The van der Waals surface area contributed by atoms with Gasteiger partial charge in [0.05, 0.1) is 0 Å². The van der Waals surface area contributed by atoms with Crippen LogP contribution in [-0.2, 0) is 0 Å². The van der Waals surface area contributed by atoms with Gasteiger partial charge in [0.2, 0.25) is 0 Å². The van der Waals surface area contributed by atoms with Gasteiger partial charge in [-0.25, -0.2) is 0 Å². The number of rotatable bonds is 3. The van der Waals surface area contributed by atoms with E-state index in [0.717, 1.165) is 23.5 Å². The molecule has 4 nitrogen and oxygen atoms in total. The van der Waals surface area contributed by atoms with Crippen LogP contribution in [0.4, 0.5) is 0 Å². The molecule has 0 saturated heterocycles. The summed E-state index contributed by atoms with van der Waals surface area (Å²) in [7, 11) is 0. The van der Waals surface area contributed by atoms with Crippen molar-refractivity contribution in [2.24, 2.45) is 23.2 Å². The molecular formula is C21H27NO3. The Kier molecular flexibility index (Phi) is 3.51. The summed E-state index contributed by atoms with van der Waals surface area (Å²) in [5.74, 6) is 4.14. The van der Waals surface area contributed by atoms with Gasteiger partial charge in [-0.05, 0) is 86.8 Å². The Balaban J connectivity index is 1.32. The van der Waals surface area contributed by atoms with Gasteiger partial charge in [-0.15, -0.1) is 0 Å². The van der Waals surface area contributed by atoms with Crippen LogP contribution in [-0.4, -0.2) is 25.2 Å². The summed E-state index contributed by atoms with van der Waals surface area (Å²) >= 11 is 0. The molecule has 1 aliphatic heterocycles. The third-order valence-corrected chi connectivity index (χ3v) is 7.16. The normalized spacial score (nSPS) is 36.1. The summed E-state index contributed by atoms with van der Waals surface area (Å²) < 4.78 is 11.2. The van der Waals surface area contributed by atoms with E-state index in [4.69, 9.17) is 9.47 Å². The van der Waals surface area contributed by atoms with Gasteiger partial charge in [0.25, 0.3) is 5.91 Å². The lowest BCUT2D eigenvalue weighted by molar-refractivity contribution is -0.0688. The minimum absolute atomic E-state index is 0.0141. The van der Waals surface area contributed by atoms with E-state index in [9.17, 15) is 4.79 Å². The van der Waals surface area contributed by atoms with E-state index in [1.165, 1.54) is 38.5 Å². The predicted molar refractivity (Wildman–Crippen MR) is 95.0 cm³/mol. The van der Waals surface area contributed by atoms with Crippen LogP contribution in [0.3, 0.4) is 0 Å². The molecule has 1 amide bonds. The number of nitrogens with one attached hydrogen (secondary N) is 1. The number of ether oxygens (including phenoxy) is 2. The van der Waals surface area contributed by atoms with Crippen molar-refractivity contribution in [2.75, 3.05) is 13.2 Å². The highest BCUT2D eigenvalue weighted by atomic mass is 16.6. The van der Waals surface area contributed by atoms with Crippen LogP contribution in [0.25, 0.3) is 0 Å². The van der Waals surface area contributed by atoms with E-state index in [2.05, 4.69) is 12.2 Å². The lowest BCUT2D eigenvalue weighted by Crippen LogP contribution is -2.55. The molecule has 25 heavy (non-hydrogen) atoms. The maximum Gasteiger partial charge on any atom is 0.251 e. The molecular weight excluding hydrogens is 314 g/mol. The lowest BCUT2D eigenvalue weighted by atomic mass is 9.48. The number of benzene rings is 1. The maximum absolute atomic E-state index is 12.8. The van der Waals surface area contributed by atoms with Gasteiger partial charge in [0.1, 0.15) is 13.2 Å². The number of fused-ring (bicyclic) bond motifs is 1. The van der Waals surface area contributed by atoms with Crippen molar-refractivity contribution in [3.05, 3.63) is 23.8 Å². The van der Waals surface area contributed by atoms with Crippen LogP contribution in [0.5, 0.6) is 11.5 Å². The smallest absolute Gasteiger partial charge is 0.251 e. The van der Waals surface area contributed by atoms with Gasteiger partial charge in [-0.2, -0.15) is 0 Å². The molecule has 5 aliphatic rings. The van der Waals surface area contributed by atoms with Gasteiger partial charge in [-0.1, -0.05) is 0 Å². The number of hydrogen-bond donors (Lipinski definition) is 1. The van der Waals surface area contributed by atoms with Crippen LogP contribution in [0.1, 0.15) is 55.8 Å². The average molecular weight is 341 g/mol. The molecule has 0 spiro atoms. The first-order valence-corrected chi connectivity index (χ1v) is 9.82. The van der Waals surface area contributed by atoms with Gasteiger partial charge in [-0.3, -0.25) is 4.79 Å². The van der Waals surface area contributed by atoms with Crippen LogP contribution in [0.15, 0.2) is 18.2 Å². The molecule has 1 N–H and O–H groups in total. The fourth-order valence-corrected chi connectivity index (χ4v) is 6.33. The topological polar surface area (TPSA) is 47.6 Å². The second-order valence-electron chi connectivity index (χ2n) is 8.83. The van der Waals surface area contributed by atoms with Gasteiger partial charge in [0, 0.05) is 11.6 Å². The summed E-state index contributed by atoms with van der Waals surface area (Å²) in [6.07, 6.45) is 8.22. The molecule has 4 fully saturated rings. The van der Waals surface area contributed by atoms with Crippen LogP contribution < -0.4 is 14.8 Å². The highest BCUT2D eigenvalue weighted by Crippen LogP contribution is 2.61. The Morgan fingerprint density at radius 3 is 2.28 bits per heavy atom. The van der Waals surface area contributed by atoms with Crippen molar-refractivity contribution in [2.45, 2.75) is 51.5 Å². The fraction of sp³-hybridized carbons (Fsp3) is 0.667. The third kappa shape index (κ3) is 2.61. The van der Waals surface area contributed by atoms with Crippen molar-refractivity contribution in [1.82, 2.24) is 5.32 Å². The first-order chi connectivity index (χ1) is 12.1. The molecule has 1 unspecified atom stereocenters. The number of hydrogen-bond acceptors (Lipinski definition) is 3. The quantitative estimate of drug-likeness (QED) is 0.910. The molecule has 1 heterocycles. The highest BCUT2D eigenvalue weighted by Gasteiger charge is 2.53. The minimum atomic E-state index is 0.0141. The zero-order valence-electron chi connectivity index (χ0n) is 14.9. The molecule has 134 valence electrons. The van der Waals surface area contributed by atoms with E-state index < -0.39 is 0 Å². The molecule has 0 radical (unpaired) electrons. The number of amides is 1.